The van der Waals surface area contributed by atoms with E-state index in [9.17, 15) is 14.7 Å². The summed E-state index contributed by atoms with van der Waals surface area (Å²) in [7, 11) is -1.34. The van der Waals surface area contributed by atoms with Crippen molar-refractivity contribution in [1.82, 2.24) is 0 Å². The SMILES string of the molecule is O=[N+]([O-])c1ccc2c3ccc(Br)cc3[s+]([O-])c2c1. The third-order valence-electron chi connectivity index (χ3n) is 2.81. The van der Waals surface area contributed by atoms with E-state index in [0.717, 1.165) is 15.2 Å². The van der Waals surface area contributed by atoms with Gasteiger partial charge in [0.25, 0.3) is 5.69 Å². The van der Waals surface area contributed by atoms with Crippen molar-refractivity contribution in [3.63, 3.8) is 0 Å². The molecule has 0 aliphatic heterocycles. The fourth-order valence-electron chi connectivity index (χ4n) is 1.99. The number of thiophene rings is 1. The first-order valence-electron chi connectivity index (χ1n) is 5.08. The fraction of sp³-hybridized carbons (Fsp3) is 0. The van der Waals surface area contributed by atoms with Crippen LogP contribution in [0.25, 0.3) is 20.2 Å². The molecule has 18 heavy (non-hydrogen) atoms. The summed E-state index contributed by atoms with van der Waals surface area (Å²) in [6.07, 6.45) is 0. The predicted octanol–water partition coefficient (Wildman–Crippen LogP) is 4.39. The van der Waals surface area contributed by atoms with Crippen molar-refractivity contribution < 1.29 is 9.48 Å². The third kappa shape index (κ3) is 1.61. The fourth-order valence-corrected chi connectivity index (χ4v) is 3.96. The molecule has 0 radical (unpaired) electrons. The minimum Gasteiger partial charge on any atom is -0.590 e. The van der Waals surface area contributed by atoms with Gasteiger partial charge in [0.15, 0.2) is 9.40 Å². The number of benzene rings is 2. The van der Waals surface area contributed by atoms with Gasteiger partial charge in [0.05, 0.1) is 11.0 Å². The topological polar surface area (TPSA) is 66.2 Å². The second kappa shape index (κ2) is 4.01. The van der Waals surface area contributed by atoms with E-state index >= 15 is 0 Å². The van der Waals surface area contributed by atoms with E-state index in [1.165, 1.54) is 12.1 Å². The molecule has 2 aromatic carbocycles. The van der Waals surface area contributed by atoms with E-state index in [4.69, 9.17) is 0 Å². The Labute approximate surface area is 113 Å². The summed E-state index contributed by atoms with van der Waals surface area (Å²) >= 11 is 3.33. The van der Waals surface area contributed by atoms with Gasteiger partial charge in [-0.1, -0.05) is 15.9 Å². The zero-order chi connectivity index (χ0) is 12.9. The van der Waals surface area contributed by atoms with Gasteiger partial charge in [0.2, 0.25) is 0 Å². The van der Waals surface area contributed by atoms with Crippen LogP contribution in [0.1, 0.15) is 0 Å². The molecule has 1 atom stereocenters. The van der Waals surface area contributed by atoms with Gasteiger partial charge in [0.1, 0.15) is 0 Å². The molecule has 0 aliphatic rings. The maximum atomic E-state index is 12.3. The Hall–Kier alpha value is -1.50. The number of fused-ring (bicyclic) bond motifs is 3. The van der Waals surface area contributed by atoms with Crippen LogP contribution in [-0.4, -0.2) is 9.48 Å². The van der Waals surface area contributed by atoms with Crippen LogP contribution in [0.2, 0.25) is 0 Å². The Bertz CT molecular complexity index is 797. The highest BCUT2D eigenvalue weighted by Crippen LogP contribution is 2.42. The maximum Gasteiger partial charge on any atom is 0.274 e. The molecule has 1 unspecified atom stereocenters. The van der Waals surface area contributed by atoms with Crippen molar-refractivity contribution in [1.29, 1.82) is 0 Å². The van der Waals surface area contributed by atoms with Gasteiger partial charge in [-0.3, -0.25) is 10.1 Å². The standard InChI is InChI=1S/C12H6BrNO3S/c13-7-1-3-9-10-4-2-8(14(15)16)6-12(10)18(17)11(9)5-7/h1-6H. The van der Waals surface area contributed by atoms with Crippen LogP contribution in [0.15, 0.2) is 40.9 Å². The molecule has 0 spiro atoms. The Morgan fingerprint density at radius 1 is 1.06 bits per heavy atom. The molecule has 90 valence electrons. The van der Waals surface area contributed by atoms with E-state index < -0.39 is 15.7 Å². The molecule has 6 heteroatoms. The summed E-state index contributed by atoms with van der Waals surface area (Å²) in [5.74, 6) is 0. The van der Waals surface area contributed by atoms with Gasteiger partial charge in [-0.05, 0) is 28.9 Å². The van der Waals surface area contributed by atoms with Crippen LogP contribution < -0.4 is 0 Å². The Kier molecular flexibility index (Phi) is 2.58. The molecule has 3 aromatic rings. The lowest BCUT2D eigenvalue weighted by molar-refractivity contribution is -0.384. The summed E-state index contributed by atoms with van der Waals surface area (Å²) in [4.78, 5) is 10.3. The number of nitro benzene ring substituents is 1. The average Bonchev–Trinajstić information content (AvgIpc) is 2.62. The van der Waals surface area contributed by atoms with Gasteiger partial charge in [-0.25, -0.2) is 0 Å². The van der Waals surface area contributed by atoms with Crippen LogP contribution in [0.4, 0.5) is 5.69 Å². The summed E-state index contributed by atoms with van der Waals surface area (Å²) < 4.78 is 14.3. The van der Waals surface area contributed by atoms with Crippen molar-refractivity contribution in [2.45, 2.75) is 0 Å². The van der Waals surface area contributed by atoms with Crippen molar-refractivity contribution in [3.05, 3.63) is 51.0 Å². The molecule has 0 aliphatic carbocycles. The number of halogens is 1. The lowest BCUT2D eigenvalue weighted by Crippen LogP contribution is -1.85. The van der Waals surface area contributed by atoms with Crippen LogP contribution in [-0.2, 0) is 0 Å². The second-order valence-electron chi connectivity index (χ2n) is 3.85. The minimum atomic E-state index is -1.34. The summed E-state index contributed by atoms with van der Waals surface area (Å²) in [6, 6.07) is 10.0. The zero-order valence-electron chi connectivity index (χ0n) is 8.92. The summed E-state index contributed by atoms with van der Waals surface area (Å²) in [6.45, 7) is 0. The quantitative estimate of drug-likeness (QED) is 0.379. The van der Waals surface area contributed by atoms with Crippen LogP contribution >= 0.6 is 26.7 Å². The van der Waals surface area contributed by atoms with E-state index in [1.54, 1.807) is 12.1 Å². The third-order valence-corrected chi connectivity index (χ3v) is 4.78. The van der Waals surface area contributed by atoms with Crippen LogP contribution in [0.3, 0.4) is 0 Å². The lowest BCUT2D eigenvalue weighted by Gasteiger charge is -1.92. The van der Waals surface area contributed by atoms with Crippen LogP contribution in [0.5, 0.6) is 0 Å². The highest BCUT2D eigenvalue weighted by atomic mass is 79.9. The summed E-state index contributed by atoms with van der Waals surface area (Å²) in [5, 5.41) is 12.4. The van der Waals surface area contributed by atoms with Gasteiger partial charge < -0.3 is 4.55 Å². The number of nitrogens with zero attached hydrogens (tertiary/aromatic N) is 1. The molecule has 0 amide bonds. The highest BCUT2D eigenvalue weighted by Gasteiger charge is 2.18. The first kappa shape index (κ1) is 11.6. The molecule has 0 saturated carbocycles. The molecular weight excluding hydrogens is 318 g/mol. The second-order valence-corrected chi connectivity index (χ2v) is 6.18. The normalized spacial score (nSPS) is 12.2. The van der Waals surface area contributed by atoms with Gasteiger partial charge in [0, 0.05) is 27.4 Å². The predicted molar refractivity (Wildman–Crippen MR) is 74.5 cm³/mol. The summed E-state index contributed by atoms with van der Waals surface area (Å²) in [5.41, 5.74) is -0.0334. The van der Waals surface area contributed by atoms with Crippen molar-refractivity contribution >= 4 is 52.5 Å². The Morgan fingerprint density at radius 3 is 2.33 bits per heavy atom. The van der Waals surface area contributed by atoms with E-state index in [0.29, 0.717) is 9.40 Å². The number of nitro groups is 1. The van der Waals surface area contributed by atoms with Gasteiger partial charge in [-0.15, -0.1) is 0 Å². The molecule has 4 nitrogen and oxygen atoms in total. The molecular formula is C12H6BrNO3S. The van der Waals surface area contributed by atoms with Crippen molar-refractivity contribution in [3.8, 4) is 0 Å². The Morgan fingerprint density at radius 2 is 1.67 bits per heavy atom. The van der Waals surface area contributed by atoms with Gasteiger partial charge in [-0.2, -0.15) is 0 Å². The molecule has 3 rings (SSSR count). The molecule has 0 N–H and O–H groups in total. The molecule has 1 heterocycles. The smallest absolute Gasteiger partial charge is 0.274 e. The lowest BCUT2D eigenvalue weighted by atomic mass is 10.1. The molecule has 1 aromatic heterocycles. The Balaban J connectivity index is 2.47. The van der Waals surface area contributed by atoms with Crippen molar-refractivity contribution in [2.75, 3.05) is 0 Å². The van der Waals surface area contributed by atoms with E-state index in [-0.39, 0.29) is 5.69 Å². The van der Waals surface area contributed by atoms with Crippen molar-refractivity contribution in [2.24, 2.45) is 0 Å². The highest BCUT2D eigenvalue weighted by molar-refractivity contribution is 9.10. The minimum absolute atomic E-state index is 0.0334. The number of rotatable bonds is 1. The van der Waals surface area contributed by atoms with Crippen LogP contribution in [0, 0.1) is 10.1 Å². The zero-order valence-corrected chi connectivity index (χ0v) is 11.3. The maximum absolute atomic E-state index is 12.3. The largest absolute Gasteiger partial charge is 0.590 e. The first-order valence-corrected chi connectivity index (χ1v) is 7.02. The molecule has 0 fully saturated rings. The number of non-ortho nitro benzene ring substituents is 1. The van der Waals surface area contributed by atoms with Gasteiger partial charge >= 0.3 is 0 Å². The number of hydrogen-bond donors (Lipinski definition) is 0. The van der Waals surface area contributed by atoms with E-state index in [1.807, 2.05) is 12.1 Å². The molecule has 0 bridgehead atoms. The monoisotopic (exact) mass is 323 g/mol. The average molecular weight is 324 g/mol. The van der Waals surface area contributed by atoms with E-state index in [2.05, 4.69) is 15.9 Å². The molecule has 0 saturated heterocycles. The number of hydrogen-bond acceptors (Lipinski definition) is 3. The first-order chi connectivity index (χ1) is 8.58.